The Morgan fingerprint density at radius 2 is 1.79 bits per heavy atom. The molecule has 2 N–H and O–H groups in total. The number of pyridine rings is 1. The van der Waals surface area contributed by atoms with Gasteiger partial charge in [0.15, 0.2) is 0 Å². The highest BCUT2D eigenvalue weighted by Crippen LogP contribution is 2.28. The molecule has 2 aromatic heterocycles. The Morgan fingerprint density at radius 3 is 2.46 bits per heavy atom. The number of imidazole rings is 1. The molecule has 2 aromatic carbocycles. The molecular formula is C24H25N4+. The molecule has 0 bridgehead atoms. The van der Waals surface area contributed by atoms with E-state index in [0.717, 1.165) is 40.0 Å². The minimum Gasteiger partial charge on any atom is -0.303 e. The van der Waals surface area contributed by atoms with Crippen molar-refractivity contribution in [2.75, 3.05) is 5.32 Å². The van der Waals surface area contributed by atoms with Gasteiger partial charge in [-0.05, 0) is 51.0 Å². The first-order valence-corrected chi connectivity index (χ1v) is 9.69. The summed E-state index contributed by atoms with van der Waals surface area (Å²) >= 11 is 0. The first-order valence-electron chi connectivity index (χ1n) is 9.69. The number of benzene rings is 2. The largest absolute Gasteiger partial charge is 0.303 e. The molecule has 0 spiro atoms. The van der Waals surface area contributed by atoms with Crippen molar-refractivity contribution in [1.82, 2.24) is 4.98 Å². The van der Waals surface area contributed by atoms with Gasteiger partial charge in [-0.2, -0.15) is 9.66 Å². The number of hydrogen-bond acceptors (Lipinski definition) is 2. The molecule has 0 radical (unpaired) electrons. The molecule has 0 amide bonds. The van der Waals surface area contributed by atoms with Gasteiger partial charge in [0.05, 0.1) is 6.04 Å². The summed E-state index contributed by atoms with van der Waals surface area (Å²) in [5.74, 6) is 1.06. The van der Waals surface area contributed by atoms with Crippen LogP contribution in [0.4, 0.5) is 5.82 Å². The molecule has 4 rings (SSSR count). The monoisotopic (exact) mass is 369 g/mol. The summed E-state index contributed by atoms with van der Waals surface area (Å²) in [6.45, 7) is 8.44. The minimum atomic E-state index is 0.272. The highest BCUT2D eigenvalue weighted by atomic mass is 15.1. The van der Waals surface area contributed by atoms with Crippen molar-refractivity contribution in [3.63, 3.8) is 0 Å². The van der Waals surface area contributed by atoms with Crippen molar-refractivity contribution in [2.45, 2.75) is 40.2 Å². The van der Waals surface area contributed by atoms with E-state index < -0.39 is 0 Å². The molecule has 28 heavy (non-hydrogen) atoms. The molecule has 4 nitrogen and oxygen atoms in total. The zero-order valence-corrected chi connectivity index (χ0v) is 16.8. The predicted octanol–water partition coefficient (Wildman–Crippen LogP) is 4.81. The Hall–Kier alpha value is -3.32. The molecule has 0 saturated heterocycles. The fraction of sp³-hybridized carbons (Fsp3) is 0.250. The number of para-hydroxylation sites is 2. The number of nitrogens with one attached hydrogen (secondary N) is 2. The van der Waals surface area contributed by atoms with Crippen LogP contribution in [0.2, 0.25) is 0 Å². The fourth-order valence-corrected chi connectivity index (χ4v) is 3.81. The van der Waals surface area contributed by atoms with Gasteiger partial charge in [-0.25, -0.2) is 0 Å². The average Bonchev–Trinajstić information content (AvgIpc) is 3.05. The third-order valence-electron chi connectivity index (χ3n) is 5.23. The van der Waals surface area contributed by atoms with Crippen LogP contribution in [0.25, 0.3) is 16.7 Å². The zero-order chi connectivity index (χ0) is 19.8. The van der Waals surface area contributed by atoms with Crippen LogP contribution in [-0.2, 0) is 6.42 Å². The molecule has 2 heterocycles. The van der Waals surface area contributed by atoms with Crippen molar-refractivity contribution in [2.24, 2.45) is 0 Å². The lowest BCUT2D eigenvalue weighted by Crippen LogP contribution is -2.32. The van der Waals surface area contributed by atoms with E-state index in [-0.39, 0.29) is 6.04 Å². The van der Waals surface area contributed by atoms with Crippen LogP contribution in [0.5, 0.6) is 0 Å². The third-order valence-corrected chi connectivity index (χ3v) is 5.23. The van der Waals surface area contributed by atoms with E-state index >= 15 is 0 Å². The van der Waals surface area contributed by atoms with Crippen LogP contribution in [-0.4, -0.2) is 11.0 Å². The Kier molecular flexibility index (Phi) is 4.52. The van der Waals surface area contributed by atoms with E-state index in [2.05, 4.69) is 84.9 Å². The van der Waals surface area contributed by atoms with Gasteiger partial charge in [-0.15, -0.1) is 0 Å². The first kappa shape index (κ1) is 18.1. The second kappa shape index (κ2) is 7.01. The van der Waals surface area contributed by atoms with Gasteiger partial charge >= 0.3 is 0 Å². The molecule has 0 atom stereocenters. The van der Waals surface area contributed by atoms with Crippen LogP contribution in [0.3, 0.4) is 0 Å². The maximum absolute atomic E-state index is 9.94. The topological polar surface area (TPSA) is 55.7 Å². The second-order valence-electron chi connectivity index (χ2n) is 7.73. The second-order valence-corrected chi connectivity index (χ2v) is 7.73. The molecule has 0 aliphatic carbocycles. The van der Waals surface area contributed by atoms with E-state index in [4.69, 9.17) is 0 Å². The van der Waals surface area contributed by atoms with Gasteiger partial charge in [0.1, 0.15) is 22.7 Å². The molecule has 4 aromatic rings. The molecule has 140 valence electrons. The number of aromatic amines is 1. The van der Waals surface area contributed by atoms with Crippen molar-refractivity contribution < 1.29 is 4.40 Å². The van der Waals surface area contributed by atoms with Gasteiger partial charge in [0.2, 0.25) is 11.5 Å². The van der Waals surface area contributed by atoms with Gasteiger partial charge in [0.25, 0.3) is 0 Å². The van der Waals surface area contributed by atoms with E-state index in [9.17, 15) is 5.26 Å². The third kappa shape index (κ3) is 2.99. The Balaban J connectivity index is 2.06. The summed E-state index contributed by atoms with van der Waals surface area (Å²) in [7, 11) is 0. The zero-order valence-electron chi connectivity index (χ0n) is 16.8. The Labute approximate surface area is 165 Å². The van der Waals surface area contributed by atoms with Crippen molar-refractivity contribution in [3.8, 4) is 6.07 Å². The summed E-state index contributed by atoms with van der Waals surface area (Å²) in [5.41, 5.74) is 8.32. The number of rotatable bonds is 4. The fourth-order valence-electron chi connectivity index (χ4n) is 3.81. The SMILES string of the molecule is Cc1ccc(Cc2c(C)c(C#N)c3[nH]c4ccccc4[n+]3c2NC(C)C)cc1. The summed E-state index contributed by atoms with van der Waals surface area (Å²) in [6, 6.07) is 19.5. The maximum atomic E-state index is 9.94. The lowest BCUT2D eigenvalue weighted by molar-refractivity contribution is -0.465. The van der Waals surface area contributed by atoms with E-state index in [1.165, 1.54) is 11.1 Å². The summed E-state index contributed by atoms with van der Waals surface area (Å²) in [4.78, 5) is 3.45. The molecule has 0 saturated carbocycles. The average molecular weight is 369 g/mol. The summed E-state index contributed by atoms with van der Waals surface area (Å²) < 4.78 is 2.17. The number of nitriles is 1. The highest BCUT2D eigenvalue weighted by Gasteiger charge is 2.26. The first-order chi connectivity index (χ1) is 13.5. The molecule has 0 unspecified atom stereocenters. The summed E-state index contributed by atoms with van der Waals surface area (Å²) in [6.07, 6.45) is 0.776. The van der Waals surface area contributed by atoms with Crippen LogP contribution in [0.15, 0.2) is 48.5 Å². The molecule has 0 fully saturated rings. The van der Waals surface area contributed by atoms with Gasteiger partial charge < -0.3 is 5.32 Å². The Morgan fingerprint density at radius 1 is 1.07 bits per heavy atom. The number of fused-ring (bicyclic) bond motifs is 3. The van der Waals surface area contributed by atoms with Crippen molar-refractivity contribution in [3.05, 3.63) is 76.3 Å². The minimum absolute atomic E-state index is 0.272. The lowest BCUT2D eigenvalue weighted by Gasteiger charge is -2.16. The van der Waals surface area contributed by atoms with Crippen LogP contribution in [0.1, 0.15) is 41.7 Å². The van der Waals surface area contributed by atoms with Crippen molar-refractivity contribution >= 4 is 22.5 Å². The standard InChI is InChI=1S/C24H24N4/c1-15(2)26-23-19(13-18-11-9-16(3)10-12-18)17(4)20(14-25)24-27-21-7-5-6-8-22(21)28(23)24/h5-12,15H,13H2,1-4H3,(H,26,27)/p+1. The molecule has 0 aliphatic rings. The van der Waals surface area contributed by atoms with Crippen LogP contribution < -0.4 is 9.72 Å². The van der Waals surface area contributed by atoms with E-state index in [1.807, 2.05) is 12.1 Å². The number of nitrogens with zero attached hydrogens (tertiary/aromatic N) is 2. The van der Waals surface area contributed by atoms with E-state index in [1.54, 1.807) is 0 Å². The van der Waals surface area contributed by atoms with E-state index in [0.29, 0.717) is 5.56 Å². The quantitative estimate of drug-likeness (QED) is 0.507. The maximum Gasteiger partial charge on any atom is 0.250 e. The normalized spacial score (nSPS) is 11.3. The highest BCUT2D eigenvalue weighted by molar-refractivity contribution is 5.78. The summed E-state index contributed by atoms with van der Waals surface area (Å²) in [5, 5.41) is 13.6. The molecule has 4 heteroatoms. The number of aryl methyl sites for hydroxylation is 1. The predicted molar refractivity (Wildman–Crippen MR) is 114 cm³/mol. The van der Waals surface area contributed by atoms with Gasteiger partial charge in [-0.3, -0.25) is 4.98 Å². The van der Waals surface area contributed by atoms with Crippen LogP contribution >= 0.6 is 0 Å². The number of aromatic nitrogens is 2. The van der Waals surface area contributed by atoms with Gasteiger partial charge in [-0.1, -0.05) is 42.0 Å². The Bertz CT molecular complexity index is 1210. The lowest BCUT2D eigenvalue weighted by atomic mass is 9.97. The molecular weight excluding hydrogens is 344 g/mol. The van der Waals surface area contributed by atoms with Crippen LogP contribution in [0, 0.1) is 25.2 Å². The smallest absolute Gasteiger partial charge is 0.250 e. The number of hydrogen-bond donors (Lipinski definition) is 2. The van der Waals surface area contributed by atoms with Crippen molar-refractivity contribution in [1.29, 1.82) is 5.26 Å². The number of anilines is 1. The van der Waals surface area contributed by atoms with Gasteiger partial charge in [0, 0.05) is 12.0 Å². The number of H-pyrrole nitrogens is 1. The molecule has 0 aliphatic heterocycles.